The fourth-order valence-corrected chi connectivity index (χ4v) is 4.48. The Balaban J connectivity index is 1.12. The molecule has 8 heteroatoms. The van der Waals surface area contributed by atoms with Gasteiger partial charge in [0.05, 0.1) is 6.61 Å². The number of nitrogens with zero attached hydrogens (tertiary/aromatic N) is 1. The maximum Gasteiger partial charge on any atom is 0.305 e. The Morgan fingerprint density at radius 2 is 1.91 bits per heavy atom. The Labute approximate surface area is 190 Å². The summed E-state index contributed by atoms with van der Waals surface area (Å²) in [7, 11) is 0. The van der Waals surface area contributed by atoms with Gasteiger partial charge < -0.3 is 23.3 Å². The zero-order valence-corrected chi connectivity index (χ0v) is 19.1. The zero-order chi connectivity index (χ0) is 22.5. The van der Waals surface area contributed by atoms with Crippen molar-refractivity contribution < 1.29 is 28.5 Å². The van der Waals surface area contributed by atoms with E-state index < -0.39 is 0 Å². The van der Waals surface area contributed by atoms with Crippen LogP contribution in [-0.2, 0) is 25.5 Å². The molecule has 4 heterocycles. The number of hydrogen-bond donors (Lipinski definition) is 0. The second-order valence-corrected chi connectivity index (χ2v) is 8.55. The van der Waals surface area contributed by atoms with E-state index in [-0.39, 0.29) is 37.5 Å². The molecule has 0 radical (unpaired) electrons. The number of aromatic nitrogens is 1. The summed E-state index contributed by atoms with van der Waals surface area (Å²) in [6.07, 6.45) is 3.13. The highest BCUT2D eigenvalue weighted by atomic mass is 32.1. The summed E-state index contributed by atoms with van der Waals surface area (Å²) in [5.74, 6) is 0.754. The molecule has 1 unspecified atom stereocenters. The molecule has 0 aliphatic carbocycles. The summed E-state index contributed by atoms with van der Waals surface area (Å²) in [5.41, 5.74) is 4.76. The highest BCUT2D eigenvalue weighted by Gasteiger charge is 2.23. The molecule has 3 aromatic rings. The van der Waals surface area contributed by atoms with Crippen LogP contribution in [0.4, 0.5) is 0 Å². The van der Waals surface area contributed by atoms with Crippen molar-refractivity contribution >= 4 is 28.8 Å². The van der Waals surface area contributed by atoms with Crippen LogP contribution in [0.2, 0.25) is 0 Å². The summed E-state index contributed by atoms with van der Waals surface area (Å²) < 4.78 is 24.1. The Morgan fingerprint density at radius 1 is 1.12 bits per heavy atom. The van der Waals surface area contributed by atoms with Gasteiger partial charge in [0.1, 0.15) is 13.2 Å². The van der Waals surface area contributed by atoms with Crippen molar-refractivity contribution in [3.05, 3.63) is 52.0 Å². The van der Waals surface area contributed by atoms with Gasteiger partial charge in [-0.3, -0.25) is 9.59 Å². The largest absolute Gasteiger partial charge is 0.485 e. The first-order chi connectivity index (χ1) is 15.5. The van der Waals surface area contributed by atoms with Gasteiger partial charge in [-0.2, -0.15) is 0 Å². The molecule has 1 atom stereocenters. The number of fused-ring (bicyclic) bond motifs is 2. The molecule has 1 aliphatic rings. The average molecular weight is 458 g/mol. The standard InChI is InChI=1S/C24H27NO6S/c1-16-17(2)25-10-4-3-6-20(25)19(16)9-11-28-23(26)7-5-8-24(27)30-13-18-12-29-21-14-32-15-22(21)31-18/h3-4,6,10,14-15,18H,5,7-9,11-13H2,1-2H3. The molecule has 3 aromatic heterocycles. The maximum atomic E-state index is 12.0. The zero-order valence-electron chi connectivity index (χ0n) is 18.3. The Hall–Kier alpha value is -3.00. The lowest BCUT2D eigenvalue weighted by molar-refractivity contribution is -0.147. The van der Waals surface area contributed by atoms with Gasteiger partial charge in [-0.1, -0.05) is 6.07 Å². The van der Waals surface area contributed by atoms with Gasteiger partial charge in [-0.15, -0.1) is 11.3 Å². The van der Waals surface area contributed by atoms with E-state index in [2.05, 4.69) is 24.3 Å². The molecule has 4 rings (SSSR count). The summed E-state index contributed by atoms with van der Waals surface area (Å²) >= 11 is 1.50. The molecule has 0 amide bonds. The minimum Gasteiger partial charge on any atom is -0.485 e. The number of ether oxygens (including phenoxy) is 4. The van der Waals surface area contributed by atoms with E-state index in [1.807, 2.05) is 29.1 Å². The molecule has 0 saturated carbocycles. The fourth-order valence-electron chi connectivity index (χ4n) is 3.81. The van der Waals surface area contributed by atoms with Gasteiger partial charge >= 0.3 is 11.9 Å². The van der Waals surface area contributed by atoms with Crippen LogP contribution in [0, 0.1) is 13.8 Å². The number of rotatable bonds is 9. The van der Waals surface area contributed by atoms with E-state index in [0.29, 0.717) is 31.8 Å². The van der Waals surface area contributed by atoms with Gasteiger partial charge in [0.15, 0.2) is 17.6 Å². The van der Waals surface area contributed by atoms with Gasteiger partial charge in [0, 0.05) is 47.4 Å². The topological polar surface area (TPSA) is 75.5 Å². The Morgan fingerprint density at radius 3 is 2.75 bits per heavy atom. The van der Waals surface area contributed by atoms with Crippen molar-refractivity contribution in [3.63, 3.8) is 0 Å². The van der Waals surface area contributed by atoms with Crippen molar-refractivity contribution in [3.8, 4) is 11.5 Å². The minimum atomic E-state index is -0.358. The molecule has 0 aromatic carbocycles. The van der Waals surface area contributed by atoms with Crippen molar-refractivity contribution in [2.24, 2.45) is 0 Å². The lowest BCUT2D eigenvalue weighted by atomic mass is 10.1. The maximum absolute atomic E-state index is 12.0. The van der Waals surface area contributed by atoms with Crippen LogP contribution >= 0.6 is 11.3 Å². The third-order valence-corrected chi connectivity index (χ3v) is 6.34. The molecule has 0 fully saturated rings. The SMILES string of the molecule is Cc1c(CCOC(=O)CCCC(=O)OCC2COc3cscc3O2)c2ccccn2c1C. The van der Waals surface area contributed by atoms with Gasteiger partial charge in [-0.25, -0.2) is 0 Å². The van der Waals surface area contributed by atoms with E-state index in [9.17, 15) is 9.59 Å². The predicted molar refractivity (Wildman–Crippen MR) is 121 cm³/mol. The van der Waals surface area contributed by atoms with Gasteiger partial charge in [-0.05, 0) is 43.5 Å². The van der Waals surface area contributed by atoms with E-state index in [1.165, 1.54) is 28.2 Å². The Kier molecular flexibility index (Phi) is 6.99. The number of pyridine rings is 1. The summed E-state index contributed by atoms with van der Waals surface area (Å²) in [6, 6.07) is 6.09. The Bertz CT molecular complexity index is 1100. The second-order valence-electron chi connectivity index (χ2n) is 7.80. The first-order valence-electron chi connectivity index (χ1n) is 10.7. The van der Waals surface area contributed by atoms with Crippen molar-refractivity contribution in [2.45, 2.75) is 45.6 Å². The van der Waals surface area contributed by atoms with E-state index in [4.69, 9.17) is 18.9 Å². The molecule has 0 saturated heterocycles. The average Bonchev–Trinajstić information content (AvgIpc) is 3.36. The third-order valence-electron chi connectivity index (χ3n) is 5.64. The monoisotopic (exact) mass is 457 g/mol. The first kappa shape index (κ1) is 22.2. The lowest BCUT2D eigenvalue weighted by Gasteiger charge is -2.24. The lowest BCUT2D eigenvalue weighted by Crippen LogP contribution is -2.33. The molecule has 1 aliphatic heterocycles. The second kappa shape index (κ2) is 10.1. The highest BCUT2D eigenvalue weighted by molar-refractivity contribution is 7.08. The van der Waals surface area contributed by atoms with Gasteiger partial charge in [0.25, 0.3) is 0 Å². The normalized spacial score (nSPS) is 15.0. The molecule has 32 heavy (non-hydrogen) atoms. The third kappa shape index (κ3) is 5.07. The first-order valence-corrected chi connectivity index (χ1v) is 11.7. The van der Waals surface area contributed by atoms with Crippen LogP contribution in [0.15, 0.2) is 35.2 Å². The van der Waals surface area contributed by atoms with Crippen LogP contribution in [0.5, 0.6) is 11.5 Å². The quantitative estimate of drug-likeness (QED) is 0.447. The number of thiophene rings is 1. The van der Waals surface area contributed by atoms with Crippen LogP contribution in [0.3, 0.4) is 0 Å². The molecule has 170 valence electrons. The number of hydrogen-bond acceptors (Lipinski definition) is 7. The highest BCUT2D eigenvalue weighted by Crippen LogP contribution is 2.35. The van der Waals surface area contributed by atoms with Crippen LogP contribution in [0.1, 0.15) is 36.1 Å². The molecule has 0 spiro atoms. The number of esters is 2. The molecule has 0 N–H and O–H groups in total. The molecule has 7 nitrogen and oxygen atoms in total. The molecule has 0 bridgehead atoms. The number of aryl methyl sites for hydroxylation is 1. The van der Waals surface area contributed by atoms with Crippen molar-refractivity contribution in [2.75, 3.05) is 19.8 Å². The smallest absolute Gasteiger partial charge is 0.305 e. The van der Waals surface area contributed by atoms with E-state index in [0.717, 1.165) is 11.3 Å². The van der Waals surface area contributed by atoms with Crippen molar-refractivity contribution in [1.29, 1.82) is 0 Å². The van der Waals surface area contributed by atoms with Crippen LogP contribution in [-0.4, -0.2) is 42.3 Å². The predicted octanol–water partition coefficient (Wildman–Crippen LogP) is 4.26. The summed E-state index contributed by atoms with van der Waals surface area (Å²) in [4.78, 5) is 24.0. The van der Waals surface area contributed by atoms with Crippen molar-refractivity contribution in [1.82, 2.24) is 4.40 Å². The summed E-state index contributed by atoms with van der Waals surface area (Å²) in [6.45, 7) is 4.97. The van der Waals surface area contributed by atoms with Crippen LogP contribution < -0.4 is 9.47 Å². The molecular formula is C24H27NO6S. The summed E-state index contributed by atoms with van der Waals surface area (Å²) in [5, 5.41) is 3.73. The molecular weight excluding hydrogens is 430 g/mol. The van der Waals surface area contributed by atoms with E-state index >= 15 is 0 Å². The van der Waals surface area contributed by atoms with Crippen LogP contribution in [0.25, 0.3) is 5.52 Å². The number of carbonyl (C=O) groups excluding carboxylic acids is 2. The minimum absolute atomic E-state index is 0.128. The van der Waals surface area contributed by atoms with Gasteiger partial charge in [0.2, 0.25) is 0 Å². The fraction of sp³-hybridized carbons (Fsp3) is 0.417. The number of carbonyl (C=O) groups is 2. The van der Waals surface area contributed by atoms with E-state index in [1.54, 1.807) is 0 Å².